The molecule has 0 saturated heterocycles. The van der Waals surface area contributed by atoms with Gasteiger partial charge in [0.15, 0.2) is 0 Å². The molecule has 0 fully saturated rings. The number of hydrogen-bond donors (Lipinski definition) is 2. The zero-order valence-electron chi connectivity index (χ0n) is 16.6. The van der Waals surface area contributed by atoms with Gasteiger partial charge in [0.1, 0.15) is 0 Å². The van der Waals surface area contributed by atoms with Gasteiger partial charge in [0.2, 0.25) is 10.0 Å². The molecule has 2 aromatic carbocycles. The molecule has 0 saturated carbocycles. The number of nitrogens with one attached hydrogen (secondary N) is 2. The van der Waals surface area contributed by atoms with Crippen molar-refractivity contribution in [2.45, 2.75) is 44.7 Å². The maximum atomic E-state index is 12.7. The standard InChI is InChI=1S/C21H28N2O4S/c1-16(2)27-13-7-12-22-21(24)19-11-10-17(3)20(14-19)28(25,26)23-15-18-8-5-4-6-9-18/h4-6,8-11,14,16,23H,7,12-13,15H2,1-3H3,(H,22,24). The molecule has 1 amide bonds. The second kappa shape index (κ2) is 10.4. The van der Waals surface area contributed by atoms with Gasteiger partial charge in [-0.3, -0.25) is 4.79 Å². The summed E-state index contributed by atoms with van der Waals surface area (Å²) >= 11 is 0. The van der Waals surface area contributed by atoms with Crippen LogP contribution in [0.2, 0.25) is 0 Å². The highest BCUT2D eigenvalue weighted by atomic mass is 32.2. The van der Waals surface area contributed by atoms with Crippen LogP contribution in [0.15, 0.2) is 53.4 Å². The van der Waals surface area contributed by atoms with Crippen molar-refractivity contribution in [2.75, 3.05) is 13.2 Å². The molecule has 0 bridgehead atoms. The molecule has 2 aromatic rings. The third kappa shape index (κ3) is 6.74. The van der Waals surface area contributed by atoms with Crippen LogP contribution < -0.4 is 10.0 Å². The van der Waals surface area contributed by atoms with Crippen LogP contribution in [0.3, 0.4) is 0 Å². The molecule has 0 unspecified atom stereocenters. The summed E-state index contributed by atoms with van der Waals surface area (Å²) in [7, 11) is -3.73. The van der Waals surface area contributed by atoms with Gasteiger partial charge < -0.3 is 10.1 Å². The number of ether oxygens (including phenoxy) is 1. The third-order valence-electron chi connectivity index (χ3n) is 4.11. The quantitative estimate of drug-likeness (QED) is 0.596. The lowest BCUT2D eigenvalue weighted by Gasteiger charge is -2.12. The van der Waals surface area contributed by atoms with Crippen molar-refractivity contribution in [1.29, 1.82) is 0 Å². The Morgan fingerprint density at radius 1 is 1.11 bits per heavy atom. The van der Waals surface area contributed by atoms with E-state index in [0.717, 1.165) is 5.56 Å². The van der Waals surface area contributed by atoms with Crippen molar-refractivity contribution in [1.82, 2.24) is 10.0 Å². The van der Waals surface area contributed by atoms with Gasteiger partial charge in [-0.25, -0.2) is 13.1 Å². The summed E-state index contributed by atoms with van der Waals surface area (Å²) in [6.07, 6.45) is 0.850. The summed E-state index contributed by atoms with van der Waals surface area (Å²) in [5, 5.41) is 2.79. The van der Waals surface area contributed by atoms with E-state index in [4.69, 9.17) is 4.74 Å². The lowest BCUT2D eigenvalue weighted by atomic mass is 10.1. The molecule has 0 aliphatic heterocycles. The van der Waals surface area contributed by atoms with E-state index >= 15 is 0 Å². The molecule has 0 aromatic heterocycles. The molecule has 0 heterocycles. The summed E-state index contributed by atoms with van der Waals surface area (Å²) in [6.45, 7) is 6.84. The van der Waals surface area contributed by atoms with Crippen LogP contribution in [-0.2, 0) is 21.3 Å². The van der Waals surface area contributed by atoms with Gasteiger partial charge in [-0.05, 0) is 50.5 Å². The van der Waals surface area contributed by atoms with Crippen LogP contribution in [0.25, 0.3) is 0 Å². The molecule has 152 valence electrons. The minimum absolute atomic E-state index is 0.110. The zero-order valence-corrected chi connectivity index (χ0v) is 17.4. The van der Waals surface area contributed by atoms with Gasteiger partial charge >= 0.3 is 0 Å². The average molecular weight is 405 g/mol. The van der Waals surface area contributed by atoms with Crippen molar-refractivity contribution in [2.24, 2.45) is 0 Å². The van der Waals surface area contributed by atoms with E-state index in [-0.39, 0.29) is 23.5 Å². The molecular weight excluding hydrogens is 376 g/mol. The van der Waals surface area contributed by atoms with E-state index in [9.17, 15) is 13.2 Å². The van der Waals surface area contributed by atoms with E-state index in [2.05, 4.69) is 10.0 Å². The molecule has 0 atom stereocenters. The third-order valence-corrected chi connectivity index (χ3v) is 5.65. The number of amides is 1. The summed E-state index contributed by atoms with van der Waals surface area (Å²) in [5.41, 5.74) is 1.76. The topological polar surface area (TPSA) is 84.5 Å². The maximum absolute atomic E-state index is 12.7. The lowest BCUT2D eigenvalue weighted by molar-refractivity contribution is 0.0757. The Hall–Kier alpha value is -2.22. The van der Waals surface area contributed by atoms with Crippen LogP contribution in [0.1, 0.15) is 41.8 Å². The minimum Gasteiger partial charge on any atom is -0.379 e. The predicted molar refractivity (Wildman–Crippen MR) is 110 cm³/mol. The summed E-state index contributed by atoms with van der Waals surface area (Å²) in [5.74, 6) is -0.302. The smallest absolute Gasteiger partial charge is 0.251 e. The van der Waals surface area contributed by atoms with Gasteiger partial charge in [-0.15, -0.1) is 0 Å². The Morgan fingerprint density at radius 3 is 2.50 bits per heavy atom. The number of carbonyl (C=O) groups excluding carboxylic acids is 1. The second-order valence-electron chi connectivity index (χ2n) is 6.82. The van der Waals surface area contributed by atoms with E-state index in [0.29, 0.717) is 30.7 Å². The summed E-state index contributed by atoms with van der Waals surface area (Å²) in [6, 6.07) is 14.0. The highest BCUT2D eigenvalue weighted by Gasteiger charge is 2.19. The predicted octanol–water partition coefficient (Wildman–Crippen LogP) is 3.02. The summed E-state index contributed by atoms with van der Waals surface area (Å²) < 4.78 is 33.4. The van der Waals surface area contributed by atoms with Crippen molar-refractivity contribution in [3.63, 3.8) is 0 Å². The lowest BCUT2D eigenvalue weighted by Crippen LogP contribution is -2.27. The Morgan fingerprint density at radius 2 is 1.82 bits per heavy atom. The first-order chi connectivity index (χ1) is 13.3. The van der Waals surface area contributed by atoms with E-state index in [1.165, 1.54) is 6.07 Å². The van der Waals surface area contributed by atoms with Crippen molar-refractivity contribution >= 4 is 15.9 Å². The van der Waals surface area contributed by atoms with Crippen LogP contribution in [0.4, 0.5) is 0 Å². The molecular formula is C21H28N2O4S. The molecule has 2 N–H and O–H groups in total. The number of aryl methyl sites for hydroxylation is 1. The number of sulfonamides is 1. The van der Waals surface area contributed by atoms with Gasteiger partial charge in [-0.2, -0.15) is 0 Å². The molecule has 2 rings (SSSR count). The summed E-state index contributed by atoms with van der Waals surface area (Å²) in [4.78, 5) is 12.5. The monoisotopic (exact) mass is 404 g/mol. The van der Waals surface area contributed by atoms with Crippen LogP contribution in [0.5, 0.6) is 0 Å². The largest absolute Gasteiger partial charge is 0.379 e. The van der Waals surface area contributed by atoms with Crippen LogP contribution >= 0.6 is 0 Å². The molecule has 0 spiro atoms. The Kier molecular flexibility index (Phi) is 8.17. The van der Waals surface area contributed by atoms with Crippen LogP contribution in [-0.4, -0.2) is 33.6 Å². The number of benzene rings is 2. The Labute approximate surface area is 167 Å². The van der Waals surface area contributed by atoms with Crippen molar-refractivity contribution in [3.8, 4) is 0 Å². The Balaban J connectivity index is 2.02. The first-order valence-corrected chi connectivity index (χ1v) is 10.8. The first kappa shape index (κ1) is 22.1. The van der Waals surface area contributed by atoms with E-state index < -0.39 is 10.0 Å². The normalized spacial score (nSPS) is 11.6. The van der Waals surface area contributed by atoms with Crippen molar-refractivity contribution in [3.05, 3.63) is 65.2 Å². The molecule has 6 nitrogen and oxygen atoms in total. The molecule has 0 radical (unpaired) electrons. The van der Waals surface area contributed by atoms with Gasteiger partial charge in [0.25, 0.3) is 5.91 Å². The number of rotatable bonds is 10. The molecule has 28 heavy (non-hydrogen) atoms. The fourth-order valence-corrected chi connectivity index (χ4v) is 3.86. The fraction of sp³-hybridized carbons (Fsp3) is 0.381. The van der Waals surface area contributed by atoms with E-state index in [1.807, 2.05) is 44.2 Å². The SMILES string of the molecule is Cc1ccc(C(=O)NCCCOC(C)C)cc1S(=O)(=O)NCc1ccccc1. The van der Waals surface area contributed by atoms with Gasteiger partial charge in [0.05, 0.1) is 11.0 Å². The highest BCUT2D eigenvalue weighted by Crippen LogP contribution is 2.17. The average Bonchev–Trinajstić information content (AvgIpc) is 2.67. The van der Waals surface area contributed by atoms with Crippen LogP contribution in [0, 0.1) is 6.92 Å². The number of carbonyl (C=O) groups is 1. The maximum Gasteiger partial charge on any atom is 0.251 e. The fourth-order valence-electron chi connectivity index (χ4n) is 2.58. The number of hydrogen-bond acceptors (Lipinski definition) is 4. The minimum atomic E-state index is -3.73. The van der Waals surface area contributed by atoms with Gasteiger partial charge in [0, 0.05) is 25.3 Å². The highest BCUT2D eigenvalue weighted by molar-refractivity contribution is 7.89. The Bertz CT molecular complexity index is 881. The van der Waals surface area contributed by atoms with Crippen molar-refractivity contribution < 1.29 is 17.9 Å². The second-order valence-corrected chi connectivity index (χ2v) is 8.55. The first-order valence-electron chi connectivity index (χ1n) is 9.33. The zero-order chi connectivity index (χ0) is 20.6. The molecule has 0 aliphatic rings. The molecule has 7 heteroatoms. The van der Waals surface area contributed by atoms with Gasteiger partial charge in [-0.1, -0.05) is 36.4 Å². The molecule has 0 aliphatic carbocycles. The van der Waals surface area contributed by atoms with E-state index in [1.54, 1.807) is 19.1 Å².